The van der Waals surface area contributed by atoms with Crippen LogP contribution in [0, 0.1) is 0 Å². The molecular formula is C25H23N7O3. The number of nitrogens with zero attached hydrogens (tertiary/aromatic N) is 5. The molecule has 1 unspecified atom stereocenters. The van der Waals surface area contributed by atoms with Crippen LogP contribution in [0.25, 0.3) is 27.6 Å². The number of aromatic amines is 1. The molecule has 6 rings (SSSR count). The van der Waals surface area contributed by atoms with Crippen molar-refractivity contribution in [3.63, 3.8) is 0 Å². The third kappa shape index (κ3) is 3.64. The van der Waals surface area contributed by atoms with Crippen molar-refractivity contribution in [3.8, 4) is 11.4 Å². The summed E-state index contributed by atoms with van der Waals surface area (Å²) in [6, 6.07) is 15.1. The molecule has 4 heterocycles. The molecule has 0 saturated carbocycles. The molecule has 10 nitrogen and oxygen atoms in total. The second-order valence-corrected chi connectivity index (χ2v) is 8.53. The van der Waals surface area contributed by atoms with Gasteiger partial charge >= 0.3 is 0 Å². The molecule has 176 valence electrons. The number of rotatable bonds is 5. The fourth-order valence-electron chi connectivity index (χ4n) is 4.51. The van der Waals surface area contributed by atoms with Crippen molar-refractivity contribution < 1.29 is 9.84 Å². The first-order chi connectivity index (χ1) is 17.1. The molecule has 35 heavy (non-hydrogen) atoms. The Labute approximate surface area is 199 Å². The van der Waals surface area contributed by atoms with Crippen LogP contribution in [-0.2, 0) is 6.61 Å². The van der Waals surface area contributed by atoms with Crippen molar-refractivity contribution in [3.05, 3.63) is 76.8 Å². The van der Waals surface area contributed by atoms with Crippen LogP contribution in [0.2, 0.25) is 0 Å². The molecule has 3 aromatic heterocycles. The van der Waals surface area contributed by atoms with E-state index in [1.807, 2.05) is 37.4 Å². The van der Waals surface area contributed by atoms with Gasteiger partial charge in [-0.2, -0.15) is 10.1 Å². The number of nitrogens with one attached hydrogen (secondary N) is 2. The summed E-state index contributed by atoms with van der Waals surface area (Å²) in [6.45, 7) is 1.07. The molecule has 10 heteroatoms. The van der Waals surface area contributed by atoms with Crippen molar-refractivity contribution in [1.82, 2.24) is 24.7 Å². The first-order valence-corrected chi connectivity index (χ1v) is 11.3. The summed E-state index contributed by atoms with van der Waals surface area (Å²) in [5.41, 5.74) is 3.12. The highest BCUT2D eigenvalue weighted by molar-refractivity contribution is 6.02. The van der Waals surface area contributed by atoms with Crippen LogP contribution in [-0.4, -0.2) is 56.1 Å². The number of ether oxygens (including phenoxy) is 1. The molecule has 5 aromatic rings. The van der Waals surface area contributed by atoms with Crippen LogP contribution in [0.3, 0.4) is 0 Å². The molecule has 2 aromatic carbocycles. The van der Waals surface area contributed by atoms with Gasteiger partial charge in [-0.05, 0) is 29.8 Å². The molecule has 1 aliphatic heterocycles. The Hall–Kier alpha value is -4.44. The molecule has 0 radical (unpaired) electrons. The van der Waals surface area contributed by atoms with Gasteiger partial charge in [0.25, 0.3) is 5.56 Å². The number of likely N-dealkylation sites (N-methyl/N-ethyl adjacent to an activating group) is 1. The van der Waals surface area contributed by atoms with Gasteiger partial charge in [0.05, 0.1) is 53.6 Å². The highest BCUT2D eigenvalue weighted by Gasteiger charge is 2.23. The molecule has 0 fully saturated rings. The quantitative estimate of drug-likeness (QED) is 0.359. The van der Waals surface area contributed by atoms with E-state index >= 15 is 0 Å². The normalized spacial score (nSPS) is 15.3. The molecule has 1 atom stereocenters. The Kier molecular flexibility index (Phi) is 5.07. The zero-order valence-electron chi connectivity index (χ0n) is 19.0. The predicted octanol–water partition coefficient (Wildman–Crippen LogP) is 2.46. The second-order valence-electron chi connectivity index (χ2n) is 8.53. The summed E-state index contributed by atoms with van der Waals surface area (Å²) in [5, 5.41) is 20.9. The van der Waals surface area contributed by atoms with E-state index in [2.05, 4.69) is 25.4 Å². The summed E-state index contributed by atoms with van der Waals surface area (Å²) < 4.78 is 7.67. The number of pyridine rings is 1. The number of H-pyrrole nitrogens is 1. The molecule has 0 aliphatic carbocycles. The third-order valence-electron chi connectivity index (χ3n) is 6.21. The van der Waals surface area contributed by atoms with E-state index in [1.54, 1.807) is 24.4 Å². The van der Waals surface area contributed by atoms with Gasteiger partial charge < -0.3 is 20.1 Å². The van der Waals surface area contributed by atoms with Crippen LogP contribution in [0.5, 0.6) is 5.75 Å². The van der Waals surface area contributed by atoms with Crippen LogP contribution in [0.1, 0.15) is 5.56 Å². The van der Waals surface area contributed by atoms with E-state index in [0.717, 1.165) is 11.4 Å². The number of aromatic nitrogens is 5. The number of aliphatic hydroxyl groups is 1. The molecule has 1 aliphatic rings. The van der Waals surface area contributed by atoms with Crippen molar-refractivity contribution in [2.45, 2.75) is 12.7 Å². The number of hydrogen-bond donors (Lipinski definition) is 3. The van der Waals surface area contributed by atoms with Crippen LogP contribution in [0.15, 0.2) is 65.7 Å². The predicted molar refractivity (Wildman–Crippen MR) is 133 cm³/mol. The number of hydrogen-bond acceptors (Lipinski definition) is 8. The molecule has 0 saturated heterocycles. The molecular weight excluding hydrogens is 446 g/mol. The van der Waals surface area contributed by atoms with E-state index in [0.29, 0.717) is 52.2 Å². The lowest BCUT2D eigenvalue weighted by molar-refractivity contribution is 0.208. The average Bonchev–Trinajstić information content (AvgIpc) is 3.38. The first kappa shape index (κ1) is 21.1. The maximum Gasteiger partial charge on any atom is 0.267 e. The summed E-state index contributed by atoms with van der Waals surface area (Å²) in [7, 11) is 2.04. The van der Waals surface area contributed by atoms with Gasteiger partial charge in [0, 0.05) is 13.2 Å². The standard InChI is InChI=1S/C25H23N7O3/c1-31-13-17(35-21-8-3-2-7-20(21)31)10-26-25-27-11-18-22-19(12-28-30-22)24(34)32(23(18)29-25)16-6-4-5-15(9-16)14-33/h2-9,11-12,17,33H,10,13-14H2,1H3,(H,28,30)(H,26,27,29). The smallest absolute Gasteiger partial charge is 0.267 e. The van der Waals surface area contributed by atoms with E-state index in [1.165, 1.54) is 10.8 Å². The molecule has 0 amide bonds. The van der Waals surface area contributed by atoms with Gasteiger partial charge in [-0.25, -0.2) is 4.98 Å². The van der Waals surface area contributed by atoms with Gasteiger partial charge in [0.15, 0.2) is 5.65 Å². The number of fused-ring (bicyclic) bond motifs is 4. The van der Waals surface area contributed by atoms with Gasteiger partial charge in [-0.15, -0.1) is 0 Å². The lowest BCUT2D eigenvalue weighted by Gasteiger charge is -2.33. The van der Waals surface area contributed by atoms with Crippen molar-refractivity contribution in [2.24, 2.45) is 0 Å². The number of para-hydroxylation sites is 2. The zero-order valence-corrected chi connectivity index (χ0v) is 19.0. The number of aliphatic hydroxyl groups excluding tert-OH is 1. The maximum atomic E-state index is 13.4. The first-order valence-electron chi connectivity index (χ1n) is 11.3. The monoisotopic (exact) mass is 469 g/mol. The van der Waals surface area contributed by atoms with E-state index in [9.17, 15) is 9.90 Å². The minimum atomic E-state index is -0.255. The van der Waals surface area contributed by atoms with Gasteiger partial charge in [0.2, 0.25) is 5.95 Å². The topological polar surface area (TPSA) is 121 Å². The largest absolute Gasteiger partial charge is 0.485 e. The van der Waals surface area contributed by atoms with E-state index in [-0.39, 0.29) is 18.3 Å². The van der Waals surface area contributed by atoms with Crippen molar-refractivity contribution in [2.75, 3.05) is 30.4 Å². The van der Waals surface area contributed by atoms with E-state index < -0.39 is 0 Å². The highest BCUT2D eigenvalue weighted by atomic mass is 16.5. The summed E-state index contributed by atoms with van der Waals surface area (Å²) in [6.07, 6.45) is 3.08. The van der Waals surface area contributed by atoms with Gasteiger partial charge in [0.1, 0.15) is 11.9 Å². The van der Waals surface area contributed by atoms with Crippen LogP contribution in [0.4, 0.5) is 11.6 Å². The van der Waals surface area contributed by atoms with E-state index in [4.69, 9.17) is 9.72 Å². The third-order valence-corrected chi connectivity index (χ3v) is 6.21. The Balaban J connectivity index is 1.38. The highest BCUT2D eigenvalue weighted by Crippen LogP contribution is 2.32. The molecule has 0 spiro atoms. The number of anilines is 2. The zero-order chi connectivity index (χ0) is 23.9. The average molecular weight is 470 g/mol. The Morgan fingerprint density at radius 1 is 1.17 bits per heavy atom. The lowest BCUT2D eigenvalue weighted by Crippen LogP contribution is -2.41. The molecule has 3 N–H and O–H groups in total. The summed E-state index contributed by atoms with van der Waals surface area (Å²) in [5.74, 6) is 1.22. The second kappa shape index (κ2) is 8.41. The van der Waals surface area contributed by atoms with Gasteiger partial charge in [-0.1, -0.05) is 24.3 Å². The number of benzene rings is 2. The van der Waals surface area contributed by atoms with Crippen LogP contribution >= 0.6 is 0 Å². The SMILES string of the molecule is CN1CC(CNc2ncc3c4[nH]ncc4c(=O)n(-c4cccc(CO)c4)c3n2)Oc2ccccc21. The van der Waals surface area contributed by atoms with Crippen molar-refractivity contribution in [1.29, 1.82) is 0 Å². The summed E-state index contributed by atoms with van der Waals surface area (Å²) in [4.78, 5) is 24.8. The fraction of sp³-hybridized carbons (Fsp3) is 0.200. The lowest BCUT2D eigenvalue weighted by atomic mass is 10.2. The maximum absolute atomic E-state index is 13.4. The molecule has 0 bridgehead atoms. The fourth-order valence-corrected chi connectivity index (χ4v) is 4.51. The Bertz CT molecular complexity index is 1610. The minimum Gasteiger partial charge on any atom is -0.485 e. The van der Waals surface area contributed by atoms with Crippen LogP contribution < -0.4 is 20.5 Å². The minimum absolute atomic E-state index is 0.104. The Morgan fingerprint density at radius 3 is 2.94 bits per heavy atom. The van der Waals surface area contributed by atoms with Gasteiger partial charge in [-0.3, -0.25) is 14.5 Å². The van der Waals surface area contributed by atoms with Crippen molar-refractivity contribution >= 4 is 33.6 Å². The summed E-state index contributed by atoms with van der Waals surface area (Å²) >= 11 is 0. The Morgan fingerprint density at radius 2 is 2.06 bits per heavy atom.